The summed E-state index contributed by atoms with van der Waals surface area (Å²) in [5.74, 6) is 1.76. The Balaban J connectivity index is 1.88. The van der Waals surface area contributed by atoms with Crippen LogP contribution >= 0.6 is 22.9 Å². The van der Waals surface area contributed by atoms with Crippen LogP contribution in [0.2, 0.25) is 5.15 Å². The Kier molecular flexibility index (Phi) is 4.18. The van der Waals surface area contributed by atoms with Crippen LogP contribution in [0.4, 0.5) is 0 Å². The van der Waals surface area contributed by atoms with Gasteiger partial charge < -0.3 is 9.30 Å². The van der Waals surface area contributed by atoms with Crippen LogP contribution in [-0.2, 0) is 13.5 Å². The van der Waals surface area contributed by atoms with Gasteiger partial charge in [0.1, 0.15) is 21.7 Å². The molecular formula is C16H16ClN3OS. The molecule has 2 heterocycles. The minimum atomic E-state index is 0.638. The van der Waals surface area contributed by atoms with Crippen LogP contribution in [0.25, 0.3) is 11.3 Å². The number of nitrogens with zero attached hydrogens (tertiary/aromatic N) is 3. The highest BCUT2D eigenvalue weighted by molar-refractivity contribution is 7.12. The maximum Gasteiger partial charge on any atom is 0.128 e. The van der Waals surface area contributed by atoms with Gasteiger partial charge in [0.05, 0.1) is 25.4 Å². The molecule has 0 N–H and O–H groups in total. The molecule has 114 valence electrons. The van der Waals surface area contributed by atoms with Crippen LogP contribution in [-0.4, -0.2) is 21.6 Å². The van der Waals surface area contributed by atoms with E-state index in [1.807, 2.05) is 35.9 Å². The van der Waals surface area contributed by atoms with Crippen molar-refractivity contribution in [3.05, 3.63) is 51.3 Å². The zero-order chi connectivity index (χ0) is 15.7. The van der Waals surface area contributed by atoms with E-state index in [2.05, 4.69) is 11.9 Å². The summed E-state index contributed by atoms with van der Waals surface area (Å²) < 4.78 is 7.07. The Labute approximate surface area is 138 Å². The summed E-state index contributed by atoms with van der Waals surface area (Å²) in [7, 11) is 3.58. The monoisotopic (exact) mass is 333 g/mol. The molecule has 3 rings (SSSR count). The first-order chi connectivity index (χ1) is 10.6. The van der Waals surface area contributed by atoms with Gasteiger partial charge in [0.15, 0.2) is 0 Å². The summed E-state index contributed by atoms with van der Waals surface area (Å²) >= 11 is 7.72. The van der Waals surface area contributed by atoms with Gasteiger partial charge in [0.2, 0.25) is 0 Å². The lowest BCUT2D eigenvalue weighted by molar-refractivity contribution is 0.415. The van der Waals surface area contributed by atoms with Crippen molar-refractivity contribution in [3.63, 3.8) is 0 Å². The van der Waals surface area contributed by atoms with Crippen molar-refractivity contribution < 1.29 is 4.74 Å². The molecule has 0 saturated heterocycles. The van der Waals surface area contributed by atoms with Gasteiger partial charge in [-0.1, -0.05) is 11.6 Å². The van der Waals surface area contributed by atoms with Crippen molar-refractivity contribution in [1.82, 2.24) is 14.5 Å². The normalized spacial score (nSPS) is 10.9. The minimum Gasteiger partial charge on any atom is -0.497 e. The Morgan fingerprint density at radius 1 is 1.27 bits per heavy atom. The van der Waals surface area contributed by atoms with Crippen LogP contribution in [0.5, 0.6) is 5.75 Å². The third kappa shape index (κ3) is 2.87. The van der Waals surface area contributed by atoms with Crippen LogP contribution in [0, 0.1) is 6.92 Å². The number of imidazole rings is 1. The first kappa shape index (κ1) is 15.1. The van der Waals surface area contributed by atoms with Crippen molar-refractivity contribution >= 4 is 22.9 Å². The molecule has 0 atom stereocenters. The number of hydrogen-bond acceptors (Lipinski definition) is 4. The number of halogens is 1. The summed E-state index contributed by atoms with van der Waals surface area (Å²) in [4.78, 5) is 10.3. The smallest absolute Gasteiger partial charge is 0.128 e. The summed E-state index contributed by atoms with van der Waals surface area (Å²) in [6.07, 6.45) is 2.35. The Morgan fingerprint density at radius 3 is 2.59 bits per heavy atom. The van der Waals surface area contributed by atoms with Crippen molar-refractivity contribution in [3.8, 4) is 17.0 Å². The lowest BCUT2D eigenvalue weighted by Gasteiger charge is -2.02. The average Bonchev–Trinajstić information content (AvgIpc) is 3.05. The molecule has 0 aliphatic carbocycles. The maximum absolute atomic E-state index is 6.03. The van der Waals surface area contributed by atoms with Gasteiger partial charge >= 0.3 is 0 Å². The van der Waals surface area contributed by atoms with Gasteiger partial charge in [-0.3, -0.25) is 0 Å². The largest absolute Gasteiger partial charge is 0.497 e. The van der Waals surface area contributed by atoms with Crippen molar-refractivity contribution in [2.75, 3.05) is 7.11 Å². The molecule has 0 saturated carbocycles. The molecule has 2 aromatic heterocycles. The van der Waals surface area contributed by atoms with Gasteiger partial charge in [-0.05, 0) is 31.2 Å². The topological polar surface area (TPSA) is 39.9 Å². The van der Waals surface area contributed by atoms with Gasteiger partial charge in [-0.25, -0.2) is 9.97 Å². The van der Waals surface area contributed by atoms with Crippen molar-refractivity contribution in [2.45, 2.75) is 13.3 Å². The van der Waals surface area contributed by atoms with Crippen LogP contribution in [0.1, 0.15) is 15.7 Å². The third-order valence-corrected chi connectivity index (χ3v) is 4.86. The summed E-state index contributed by atoms with van der Waals surface area (Å²) in [6, 6.07) is 7.96. The van der Waals surface area contributed by atoms with E-state index in [0.29, 0.717) is 11.6 Å². The van der Waals surface area contributed by atoms with Crippen molar-refractivity contribution in [2.24, 2.45) is 7.05 Å². The first-order valence-corrected chi connectivity index (χ1v) is 8.04. The Morgan fingerprint density at radius 2 is 2.00 bits per heavy atom. The standard InChI is InChI=1S/C16H16ClN3OS/c1-10-16(11-4-6-12(21-3)7-5-11)19-15(22-10)8-14-18-9-13(17)20(14)2/h4-7,9H,8H2,1-3H3. The quantitative estimate of drug-likeness (QED) is 0.721. The van der Waals surface area contributed by atoms with Crippen LogP contribution in [0.3, 0.4) is 0 Å². The van der Waals surface area contributed by atoms with Gasteiger partial charge in [0, 0.05) is 17.5 Å². The summed E-state index contributed by atoms with van der Waals surface area (Å²) in [5.41, 5.74) is 2.11. The average molecular weight is 334 g/mol. The second-order valence-corrected chi connectivity index (χ2v) is 6.65. The van der Waals surface area contributed by atoms with Crippen LogP contribution in [0.15, 0.2) is 30.5 Å². The van der Waals surface area contributed by atoms with E-state index < -0.39 is 0 Å². The number of hydrogen-bond donors (Lipinski definition) is 0. The van der Waals surface area contributed by atoms with E-state index in [0.717, 1.165) is 27.8 Å². The highest BCUT2D eigenvalue weighted by atomic mass is 35.5. The number of rotatable bonds is 4. The zero-order valence-corrected chi connectivity index (χ0v) is 14.2. The molecular weight excluding hydrogens is 318 g/mol. The molecule has 0 amide bonds. The van der Waals surface area contributed by atoms with Gasteiger partial charge in [-0.15, -0.1) is 11.3 Å². The zero-order valence-electron chi connectivity index (χ0n) is 12.6. The molecule has 0 radical (unpaired) electrons. The molecule has 0 spiro atoms. The number of benzene rings is 1. The fraction of sp³-hybridized carbons (Fsp3) is 0.250. The predicted octanol–water partition coefficient (Wildman–Crippen LogP) is 4.10. The van der Waals surface area contributed by atoms with E-state index in [1.165, 1.54) is 4.88 Å². The molecule has 1 aromatic carbocycles. The summed E-state index contributed by atoms with van der Waals surface area (Å²) in [6.45, 7) is 2.09. The minimum absolute atomic E-state index is 0.638. The fourth-order valence-electron chi connectivity index (χ4n) is 2.27. The number of thiazole rings is 1. The van der Waals surface area contributed by atoms with E-state index in [1.54, 1.807) is 24.6 Å². The lowest BCUT2D eigenvalue weighted by Crippen LogP contribution is -1.99. The number of aromatic nitrogens is 3. The van der Waals surface area contributed by atoms with Crippen LogP contribution < -0.4 is 4.74 Å². The van der Waals surface area contributed by atoms with E-state index in [-0.39, 0.29) is 0 Å². The van der Waals surface area contributed by atoms with Gasteiger partial charge in [-0.2, -0.15) is 0 Å². The fourth-order valence-corrected chi connectivity index (χ4v) is 3.37. The highest BCUT2D eigenvalue weighted by Crippen LogP contribution is 2.29. The SMILES string of the molecule is COc1ccc(-c2nc(Cc3ncc(Cl)n3C)sc2C)cc1. The molecule has 0 fully saturated rings. The molecule has 0 unspecified atom stereocenters. The molecule has 6 heteroatoms. The molecule has 3 aromatic rings. The molecule has 0 aliphatic heterocycles. The molecule has 22 heavy (non-hydrogen) atoms. The van der Waals surface area contributed by atoms with E-state index >= 15 is 0 Å². The first-order valence-electron chi connectivity index (χ1n) is 6.85. The van der Waals surface area contributed by atoms with Crippen molar-refractivity contribution in [1.29, 1.82) is 0 Å². The maximum atomic E-state index is 6.03. The Bertz CT molecular complexity index is 792. The number of aryl methyl sites for hydroxylation is 1. The predicted molar refractivity (Wildman–Crippen MR) is 89.9 cm³/mol. The second-order valence-electron chi connectivity index (χ2n) is 4.97. The highest BCUT2D eigenvalue weighted by Gasteiger charge is 2.13. The third-order valence-electron chi connectivity index (χ3n) is 3.54. The number of ether oxygens (including phenoxy) is 1. The lowest BCUT2D eigenvalue weighted by atomic mass is 10.1. The molecule has 4 nitrogen and oxygen atoms in total. The summed E-state index contributed by atoms with van der Waals surface area (Å²) in [5, 5.41) is 1.67. The second kappa shape index (κ2) is 6.10. The Hall–Kier alpha value is -1.85. The molecule has 0 bridgehead atoms. The molecule has 0 aliphatic rings. The van der Waals surface area contributed by atoms with E-state index in [9.17, 15) is 0 Å². The number of methoxy groups -OCH3 is 1. The van der Waals surface area contributed by atoms with Gasteiger partial charge in [0.25, 0.3) is 0 Å². The van der Waals surface area contributed by atoms with E-state index in [4.69, 9.17) is 21.3 Å².